The van der Waals surface area contributed by atoms with Crippen LogP contribution in [-0.2, 0) is 11.3 Å². The number of hydrogen-bond acceptors (Lipinski definition) is 5. The lowest BCUT2D eigenvalue weighted by Crippen LogP contribution is -2.20. The van der Waals surface area contributed by atoms with Crippen molar-refractivity contribution in [2.75, 3.05) is 9.62 Å². The third-order valence-corrected chi connectivity index (χ3v) is 5.40. The van der Waals surface area contributed by atoms with E-state index in [0.29, 0.717) is 11.3 Å². The van der Waals surface area contributed by atoms with Crippen molar-refractivity contribution in [2.45, 2.75) is 0 Å². The zero-order valence-corrected chi connectivity index (χ0v) is 17.7. The van der Waals surface area contributed by atoms with Gasteiger partial charge in [-0.3, -0.25) is 19.3 Å². The smallest absolute Gasteiger partial charge is 0.266 e. The number of benzene rings is 3. The molecule has 0 aliphatic rings. The van der Waals surface area contributed by atoms with Crippen LogP contribution in [0.1, 0.15) is 10.4 Å². The Labute approximate surface area is 190 Å². The third kappa shape index (κ3) is 5.03. The molecule has 0 spiro atoms. The highest BCUT2D eigenvalue weighted by Crippen LogP contribution is 2.36. The second-order valence-corrected chi connectivity index (χ2v) is 7.65. The molecule has 10 heteroatoms. The lowest BCUT2D eigenvalue weighted by atomic mass is 10.1. The van der Waals surface area contributed by atoms with Crippen LogP contribution in [0.5, 0.6) is 5.75 Å². The zero-order valence-electron chi connectivity index (χ0n) is 16.9. The SMILES string of the molecule is O=C(Nc1ccc(O)c(N(c2ccc(F)cc2)S(=O)O)c1)c1ccc(-c2cnccn2)cc1. The molecular formula is C23H17FN4O4S. The van der Waals surface area contributed by atoms with Gasteiger partial charge < -0.3 is 10.4 Å². The summed E-state index contributed by atoms with van der Waals surface area (Å²) in [5.74, 6) is -1.23. The van der Waals surface area contributed by atoms with E-state index in [2.05, 4.69) is 15.3 Å². The molecule has 0 saturated heterocycles. The van der Waals surface area contributed by atoms with Crippen LogP contribution >= 0.6 is 0 Å². The zero-order chi connectivity index (χ0) is 23.4. The fourth-order valence-corrected chi connectivity index (χ4v) is 3.71. The molecule has 0 fully saturated rings. The molecule has 4 rings (SSSR count). The average Bonchev–Trinajstić information content (AvgIpc) is 2.83. The number of carbonyl (C=O) groups is 1. The number of aromatic hydroxyl groups is 1. The molecular weight excluding hydrogens is 447 g/mol. The van der Waals surface area contributed by atoms with Crippen LogP contribution in [0, 0.1) is 5.82 Å². The van der Waals surface area contributed by atoms with Crippen LogP contribution in [0.3, 0.4) is 0 Å². The highest BCUT2D eigenvalue weighted by atomic mass is 32.2. The van der Waals surface area contributed by atoms with Gasteiger partial charge in [0.25, 0.3) is 17.2 Å². The molecule has 1 unspecified atom stereocenters. The minimum Gasteiger partial charge on any atom is -0.506 e. The fourth-order valence-electron chi connectivity index (χ4n) is 3.10. The number of halogens is 1. The summed E-state index contributed by atoms with van der Waals surface area (Å²) in [6, 6.07) is 15.7. The summed E-state index contributed by atoms with van der Waals surface area (Å²) in [6.07, 6.45) is 4.76. The fraction of sp³-hybridized carbons (Fsp3) is 0. The molecule has 1 atom stereocenters. The summed E-state index contributed by atoms with van der Waals surface area (Å²) < 4.78 is 35.9. The first-order valence-corrected chi connectivity index (χ1v) is 10.7. The molecule has 1 aromatic heterocycles. The summed E-state index contributed by atoms with van der Waals surface area (Å²) in [7, 11) is 0. The quantitative estimate of drug-likeness (QED) is 0.286. The van der Waals surface area contributed by atoms with Gasteiger partial charge in [-0.15, -0.1) is 0 Å². The number of anilines is 3. The van der Waals surface area contributed by atoms with Gasteiger partial charge in [0, 0.05) is 29.2 Å². The molecule has 0 aliphatic heterocycles. The molecule has 1 heterocycles. The van der Waals surface area contributed by atoms with E-state index in [1.54, 1.807) is 42.9 Å². The van der Waals surface area contributed by atoms with E-state index in [1.807, 2.05) is 0 Å². The predicted molar refractivity (Wildman–Crippen MR) is 123 cm³/mol. The van der Waals surface area contributed by atoms with Crippen LogP contribution in [0.25, 0.3) is 11.3 Å². The van der Waals surface area contributed by atoms with Gasteiger partial charge in [0.1, 0.15) is 17.3 Å². The summed E-state index contributed by atoms with van der Waals surface area (Å²) in [5.41, 5.74) is 2.26. The van der Waals surface area contributed by atoms with Gasteiger partial charge in [0.05, 0.1) is 17.6 Å². The van der Waals surface area contributed by atoms with Crippen molar-refractivity contribution in [1.82, 2.24) is 9.97 Å². The van der Waals surface area contributed by atoms with Crippen molar-refractivity contribution < 1.29 is 23.1 Å². The maximum atomic E-state index is 13.3. The molecule has 4 aromatic rings. The van der Waals surface area contributed by atoms with Gasteiger partial charge in [0.2, 0.25) is 0 Å². The number of amides is 1. The number of phenols is 1. The minimum absolute atomic E-state index is 0.0433. The first kappa shape index (κ1) is 22.1. The second-order valence-electron chi connectivity index (χ2n) is 6.83. The highest BCUT2D eigenvalue weighted by molar-refractivity contribution is 7.81. The number of nitrogens with zero attached hydrogens (tertiary/aromatic N) is 3. The van der Waals surface area contributed by atoms with Gasteiger partial charge >= 0.3 is 0 Å². The Balaban J connectivity index is 1.58. The lowest BCUT2D eigenvalue weighted by Gasteiger charge is -2.21. The van der Waals surface area contributed by atoms with E-state index >= 15 is 0 Å². The largest absolute Gasteiger partial charge is 0.506 e. The second kappa shape index (κ2) is 9.55. The number of aromatic nitrogens is 2. The van der Waals surface area contributed by atoms with E-state index in [1.165, 1.54) is 30.3 Å². The third-order valence-electron chi connectivity index (χ3n) is 4.68. The summed E-state index contributed by atoms with van der Waals surface area (Å²) in [5, 5.41) is 13.0. The molecule has 3 aromatic carbocycles. The van der Waals surface area contributed by atoms with Gasteiger partial charge in [0.15, 0.2) is 0 Å². The number of carbonyl (C=O) groups excluding carboxylic acids is 1. The minimum atomic E-state index is -2.57. The molecule has 0 aliphatic carbocycles. The standard InChI is InChI=1S/C23H17FN4O4S/c24-17-5-8-19(9-6-17)28(33(31)32)21-13-18(7-10-22(21)29)27-23(30)16-3-1-15(2-4-16)20-14-25-11-12-26-20/h1-14,29H,(H,27,30)(H,31,32). The van der Waals surface area contributed by atoms with Crippen LogP contribution in [0.2, 0.25) is 0 Å². The van der Waals surface area contributed by atoms with E-state index < -0.39 is 23.0 Å². The number of nitrogens with one attached hydrogen (secondary N) is 1. The Kier molecular flexibility index (Phi) is 6.38. The van der Waals surface area contributed by atoms with Crippen molar-refractivity contribution in [3.05, 3.63) is 96.7 Å². The summed E-state index contributed by atoms with van der Waals surface area (Å²) in [6.45, 7) is 0. The van der Waals surface area contributed by atoms with Crippen molar-refractivity contribution in [2.24, 2.45) is 0 Å². The Hall–Kier alpha value is -4.15. The van der Waals surface area contributed by atoms with Gasteiger partial charge in [-0.25, -0.2) is 12.9 Å². The van der Waals surface area contributed by atoms with Crippen LogP contribution < -0.4 is 9.62 Å². The number of rotatable bonds is 6. The van der Waals surface area contributed by atoms with Crippen LogP contribution in [0.4, 0.5) is 21.5 Å². The molecule has 0 saturated carbocycles. The maximum Gasteiger partial charge on any atom is 0.266 e. The summed E-state index contributed by atoms with van der Waals surface area (Å²) in [4.78, 5) is 20.9. The van der Waals surface area contributed by atoms with Crippen LogP contribution in [0.15, 0.2) is 85.3 Å². The lowest BCUT2D eigenvalue weighted by molar-refractivity contribution is 0.102. The molecule has 166 valence electrons. The first-order chi connectivity index (χ1) is 15.9. The van der Waals surface area contributed by atoms with Crippen LogP contribution in [-0.4, -0.2) is 29.7 Å². The molecule has 0 radical (unpaired) electrons. The van der Waals surface area contributed by atoms with Crippen molar-refractivity contribution in [1.29, 1.82) is 0 Å². The van der Waals surface area contributed by atoms with E-state index in [4.69, 9.17) is 0 Å². The van der Waals surface area contributed by atoms with Gasteiger partial charge in [-0.05, 0) is 54.6 Å². The number of hydrogen-bond donors (Lipinski definition) is 3. The van der Waals surface area contributed by atoms with E-state index in [9.17, 15) is 23.1 Å². The van der Waals surface area contributed by atoms with E-state index in [-0.39, 0.29) is 22.8 Å². The summed E-state index contributed by atoms with van der Waals surface area (Å²) >= 11 is -2.57. The molecule has 0 bridgehead atoms. The predicted octanol–water partition coefficient (Wildman–Crippen LogP) is 4.52. The normalized spacial score (nSPS) is 11.6. The Bertz CT molecular complexity index is 1300. The molecule has 33 heavy (non-hydrogen) atoms. The van der Waals surface area contributed by atoms with Gasteiger partial charge in [-0.1, -0.05) is 12.1 Å². The molecule has 8 nitrogen and oxygen atoms in total. The first-order valence-electron chi connectivity index (χ1n) is 9.60. The molecule has 3 N–H and O–H groups in total. The van der Waals surface area contributed by atoms with Crippen molar-refractivity contribution in [3.8, 4) is 17.0 Å². The Morgan fingerprint density at radius 2 is 1.73 bits per heavy atom. The van der Waals surface area contributed by atoms with Crippen molar-refractivity contribution in [3.63, 3.8) is 0 Å². The van der Waals surface area contributed by atoms with Crippen molar-refractivity contribution >= 4 is 34.2 Å². The maximum absolute atomic E-state index is 13.3. The Morgan fingerprint density at radius 3 is 2.36 bits per heavy atom. The van der Waals surface area contributed by atoms with E-state index in [0.717, 1.165) is 22.0 Å². The van der Waals surface area contributed by atoms with Gasteiger partial charge in [-0.2, -0.15) is 0 Å². The average molecular weight is 464 g/mol. The number of phenolic OH excluding ortho intramolecular Hbond substituents is 1. The highest BCUT2D eigenvalue weighted by Gasteiger charge is 2.20. The topological polar surface area (TPSA) is 116 Å². The Morgan fingerprint density at radius 1 is 1.00 bits per heavy atom. The molecule has 1 amide bonds. The monoisotopic (exact) mass is 464 g/mol.